The minimum Gasteiger partial charge on any atom is -0.741 e. The third-order valence-electron chi connectivity index (χ3n) is 8.02. The Morgan fingerprint density at radius 2 is 0.774 bits per heavy atom. The van der Waals surface area contributed by atoms with E-state index < -0.39 is 31.5 Å². The van der Waals surface area contributed by atoms with Gasteiger partial charge in [0.1, 0.15) is 0 Å². The second kappa shape index (κ2) is 27.4. The number of alkyl halides is 3. The summed E-state index contributed by atoms with van der Waals surface area (Å²) >= 11 is 0. The molecule has 8 aromatic rings. The van der Waals surface area contributed by atoms with Crippen molar-refractivity contribution in [1.82, 2.24) is 4.98 Å². The largest absolute Gasteiger partial charge is 0.741 e. The topological polar surface area (TPSA) is 93.9 Å². The van der Waals surface area contributed by atoms with Gasteiger partial charge < -0.3 is 9.54 Å². The van der Waals surface area contributed by atoms with Crippen LogP contribution in [0.4, 0.5) is 13.2 Å². The molecule has 0 unspecified atom stereocenters. The second-order valence-corrected chi connectivity index (χ2v) is 18.1. The molecular weight excluding hydrogens is 1020 g/mol. The minimum atomic E-state index is -6.09. The average Bonchev–Trinajstić information content (AvgIpc) is 3.30. The summed E-state index contributed by atoms with van der Waals surface area (Å²) in [6, 6.07) is 83.2. The standard InChI is InChI=1S/2C18H15P.C11H8N.C2H3N.CHF3O3S.Ir/c2*1-4-10-16(11-5-1)19(17-12-6-2-7-13-17)18-14-8-3-9-15-18;1-2-6-10(7-3-1)11-8-4-5-9-12-11;1-2-3;2-1(3,4)8(5,6)7;/h2*1-15H;1-6,8-9H;1H3;(H,5,6,7);/q;;-1;;;/p-1. The van der Waals surface area contributed by atoms with E-state index in [0.717, 1.165) is 11.3 Å². The molecule has 317 valence electrons. The van der Waals surface area contributed by atoms with E-state index in [4.69, 9.17) is 18.2 Å². The second-order valence-electron chi connectivity index (χ2n) is 12.3. The Balaban J connectivity index is 0.000000224. The Kier molecular flexibility index (Phi) is 22.4. The SMILES string of the molecule is CC#N.O=S(=O)([O-])C(F)(F)F.[Ir].[c-]1ccccc1-c1ccccn1.c1ccc(P(c2ccccc2)c2ccccc2)cc1.c1ccc(P(c2ccccc2)c2ccccc2)cc1. The zero-order valence-electron chi connectivity index (χ0n) is 33.3. The monoisotopic (exact) mass is 1060 g/mol. The van der Waals surface area contributed by atoms with Crippen molar-refractivity contribution in [3.63, 3.8) is 0 Å². The number of pyridine rings is 1. The number of hydrogen-bond donors (Lipinski definition) is 0. The van der Waals surface area contributed by atoms with Gasteiger partial charge in [0.05, 0.1) is 6.07 Å². The molecular formula is C50H41F3IrN2O3P2S-2. The summed E-state index contributed by atoms with van der Waals surface area (Å²) in [4.78, 5) is 4.22. The molecule has 0 aliphatic carbocycles. The smallest absolute Gasteiger partial charge is 0.485 e. The average molecular weight is 1060 g/mol. The van der Waals surface area contributed by atoms with Gasteiger partial charge in [-0.05, 0) is 59.4 Å². The summed E-state index contributed by atoms with van der Waals surface area (Å²) in [5.41, 5.74) is -3.64. The molecule has 62 heavy (non-hydrogen) atoms. The number of halogens is 3. The van der Waals surface area contributed by atoms with E-state index in [0.29, 0.717) is 0 Å². The van der Waals surface area contributed by atoms with Crippen LogP contribution in [0.3, 0.4) is 0 Å². The van der Waals surface area contributed by atoms with Gasteiger partial charge in [-0.1, -0.05) is 194 Å². The number of benzene rings is 7. The van der Waals surface area contributed by atoms with Crippen LogP contribution < -0.4 is 31.8 Å². The fourth-order valence-corrected chi connectivity index (χ4v) is 10.0. The maximum absolute atomic E-state index is 10.7. The van der Waals surface area contributed by atoms with Crippen LogP contribution in [0.25, 0.3) is 11.3 Å². The van der Waals surface area contributed by atoms with Crippen LogP contribution >= 0.6 is 15.8 Å². The van der Waals surface area contributed by atoms with E-state index in [9.17, 15) is 13.2 Å². The maximum atomic E-state index is 10.7. The fraction of sp³-hybridized carbons (Fsp3) is 0.0400. The van der Waals surface area contributed by atoms with Crippen molar-refractivity contribution >= 4 is 57.8 Å². The van der Waals surface area contributed by atoms with Gasteiger partial charge in [0, 0.05) is 33.2 Å². The first-order chi connectivity index (χ1) is 29.5. The van der Waals surface area contributed by atoms with Gasteiger partial charge in [0.15, 0.2) is 10.1 Å². The summed E-state index contributed by atoms with van der Waals surface area (Å²) in [7, 11) is -6.98. The molecule has 1 heterocycles. The summed E-state index contributed by atoms with van der Waals surface area (Å²) in [6.07, 6.45) is 1.79. The molecule has 0 saturated carbocycles. The summed E-state index contributed by atoms with van der Waals surface area (Å²) in [5.74, 6) is 0. The van der Waals surface area contributed by atoms with E-state index in [1.807, 2.05) is 42.5 Å². The molecule has 0 bridgehead atoms. The fourth-order valence-electron chi connectivity index (χ4n) is 5.43. The van der Waals surface area contributed by atoms with E-state index in [2.05, 4.69) is 193 Å². The van der Waals surface area contributed by atoms with Gasteiger partial charge in [-0.15, -0.1) is 35.9 Å². The zero-order chi connectivity index (χ0) is 43.8. The van der Waals surface area contributed by atoms with Crippen LogP contribution in [-0.2, 0) is 30.2 Å². The third-order valence-corrected chi connectivity index (χ3v) is 13.5. The number of nitrogens with zero attached hydrogens (tertiary/aromatic N) is 2. The van der Waals surface area contributed by atoms with Crippen LogP contribution in [0.5, 0.6) is 0 Å². The summed E-state index contributed by atoms with van der Waals surface area (Å²) in [6.45, 7) is 1.43. The normalized spacial score (nSPS) is 10.3. The van der Waals surface area contributed by atoms with Crippen LogP contribution in [-0.4, -0.2) is 23.5 Å². The maximum Gasteiger partial charge on any atom is 0.485 e. The number of aromatic nitrogens is 1. The van der Waals surface area contributed by atoms with Crippen LogP contribution in [0.1, 0.15) is 6.92 Å². The molecule has 0 fully saturated rings. The number of nitriles is 1. The molecule has 0 spiro atoms. The molecule has 0 saturated heterocycles. The predicted molar refractivity (Wildman–Crippen MR) is 246 cm³/mol. The molecule has 8 rings (SSSR count). The van der Waals surface area contributed by atoms with Crippen molar-refractivity contribution < 1.29 is 46.2 Å². The Labute approximate surface area is 378 Å². The van der Waals surface area contributed by atoms with Crippen LogP contribution in [0, 0.1) is 17.4 Å². The molecule has 0 amide bonds. The van der Waals surface area contributed by atoms with Crippen molar-refractivity contribution in [2.45, 2.75) is 12.4 Å². The van der Waals surface area contributed by atoms with Crippen LogP contribution in [0.2, 0.25) is 0 Å². The van der Waals surface area contributed by atoms with E-state index in [-0.39, 0.29) is 20.1 Å². The Morgan fingerprint density at radius 3 is 0.984 bits per heavy atom. The third kappa shape index (κ3) is 17.0. The molecule has 1 aromatic heterocycles. The molecule has 0 aliphatic rings. The van der Waals surface area contributed by atoms with Crippen LogP contribution in [0.15, 0.2) is 231 Å². The quantitative estimate of drug-likeness (QED) is 0.0686. The first-order valence-electron chi connectivity index (χ1n) is 18.6. The first-order valence-corrected chi connectivity index (χ1v) is 22.7. The number of rotatable bonds is 7. The molecule has 0 atom stereocenters. The minimum absolute atomic E-state index is 0. The molecule has 1 radical (unpaired) electrons. The van der Waals surface area contributed by atoms with E-state index in [1.54, 1.807) is 12.3 Å². The molecule has 5 nitrogen and oxygen atoms in total. The molecule has 7 aromatic carbocycles. The van der Waals surface area contributed by atoms with E-state index in [1.165, 1.54) is 38.8 Å². The van der Waals surface area contributed by atoms with Gasteiger partial charge in [-0.25, -0.2) is 8.42 Å². The number of hydrogen-bond acceptors (Lipinski definition) is 5. The Bertz CT molecular complexity index is 2210. The predicted octanol–water partition coefficient (Wildman–Crippen LogP) is 10.0. The van der Waals surface area contributed by atoms with Crippen molar-refractivity contribution in [2.75, 3.05) is 0 Å². The molecule has 0 N–H and O–H groups in total. The first kappa shape index (κ1) is 50.7. The van der Waals surface area contributed by atoms with Crippen molar-refractivity contribution in [2.24, 2.45) is 0 Å². The van der Waals surface area contributed by atoms with Gasteiger partial charge in [-0.2, -0.15) is 18.4 Å². The van der Waals surface area contributed by atoms with Crippen molar-refractivity contribution in [1.29, 1.82) is 5.26 Å². The zero-order valence-corrected chi connectivity index (χ0v) is 38.3. The summed E-state index contributed by atoms with van der Waals surface area (Å²) < 4.78 is 58.9. The summed E-state index contributed by atoms with van der Waals surface area (Å²) in [5, 5.41) is 15.7. The Morgan fingerprint density at radius 1 is 0.516 bits per heavy atom. The van der Waals surface area contributed by atoms with Gasteiger partial charge in [0.2, 0.25) is 0 Å². The van der Waals surface area contributed by atoms with Gasteiger partial charge >= 0.3 is 5.51 Å². The van der Waals surface area contributed by atoms with E-state index >= 15 is 0 Å². The molecule has 12 heteroatoms. The Hall–Kier alpha value is -5.61. The van der Waals surface area contributed by atoms with Gasteiger partial charge in [-0.3, -0.25) is 0 Å². The van der Waals surface area contributed by atoms with Gasteiger partial charge in [0.25, 0.3) is 0 Å². The van der Waals surface area contributed by atoms with Crippen molar-refractivity contribution in [3.05, 3.63) is 237 Å². The van der Waals surface area contributed by atoms with Crippen molar-refractivity contribution in [3.8, 4) is 17.3 Å². The molecule has 0 aliphatic heterocycles.